The van der Waals surface area contributed by atoms with Crippen LogP contribution in [-0.4, -0.2) is 5.91 Å². The first-order valence-electron chi connectivity index (χ1n) is 6.88. The van der Waals surface area contributed by atoms with Gasteiger partial charge in [0.2, 0.25) is 0 Å². The summed E-state index contributed by atoms with van der Waals surface area (Å²) < 4.78 is 10.5. The monoisotopic (exact) mass is 313 g/mol. The zero-order valence-electron chi connectivity index (χ0n) is 11.8. The molecule has 0 spiro atoms. The lowest BCUT2D eigenvalue weighted by Gasteiger charge is -2.04. The summed E-state index contributed by atoms with van der Waals surface area (Å²) in [7, 11) is 0. The number of benzene rings is 1. The van der Waals surface area contributed by atoms with Gasteiger partial charge in [-0.3, -0.25) is 4.79 Å². The molecule has 3 rings (SSSR count). The first kappa shape index (κ1) is 14.5. The van der Waals surface area contributed by atoms with Crippen LogP contribution in [0.5, 0.6) is 0 Å². The van der Waals surface area contributed by atoms with Gasteiger partial charge < -0.3 is 14.2 Å². The van der Waals surface area contributed by atoms with Crippen molar-refractivity contribution >= 4 is 17.7 Å². The molecule has 3 aromatic rings. The van der Waals surface area contributed by atoms with E-state index in [9.17, 15) is 4.79 Å². The highest BCUT2D eigenvalue weighted by atomic mass is 32.2. The fourth-order valence-corrected chi connectivity index (χ4v) is 2.89. The Morgan fingerprint density at radius 2 is 1.86 bits per heavy atom. The van der Waals surface area contributed by atoms with Crippen LogP contribution in [0.2, 0.25) is 0 Å². The minimum atomic E-state index is -0.231. The van der Waals surface area contributed by atoms with Gasteiger partial charge in [-0.15, -0.1) is 11.8 Å². The number of rotatable bonds is 6. The number of thioether (sulfide) groups is 1. The van der Waals surface area contributed by atoms with E-state index in [0.717, 1.165) is 10.5 Å². The number of furan rings is 2. The maximum Gasteiger partial charge on any atom is 0.287 e. The van der Waals surface area contributed by atoms with Crippen molar-refractivity contribution in [1.29, 1.82) is 0 Å². The maximum atomic E-state index is 12.2. The van der Waals surface area contributed by atoms with Crippen LogP contribution in [0.1, 0.15) is 21.9 Å². The summed E-state index contributed by atoms with van der Waals surface area (Å²) in [6, 6.07) is 15.5. The second-order valence-corrected chi connectivity index (χ2v) is 5.69. The Kier molecular flexibility index (Phi) is 4.65. The second kappa shape index (κ2) is 7.04. The number of carbonyl (C=O) groups is 1. The Hall–Kier alpha value is -2.40. The van der Waals surface area contributed by atoms with Gasteiger partial charge in [0.25, 0.3) is 5.91 Å². The average molecular weight is 313 g/mol. The molecule has 4 nitrogen and oxygen atoms in total. The number of hydrogen-bond donors (Lipinski definition) is 1. The normalized spacial score (nSPS) is 10.5. The van der Waals surface area contributed by atoms with E-state index in [1.807, 2.05) is 42.5 Å². The van der Waals surface area contributed by atoms with Gasteiger partial charge in [0.05, 0.1) is 19.1 Å². The highest BCUT2D eigenvalue weighted by Gasteiger charge is 2.15. The van der Waals surface area contributed by atoms with Crippen LogP contribution in [0.4, 0.5) is 0 Å². The van der Waals surface area contributed by atoms with Gasteiger partial charge in [0.15, 0.2) is 5.76 Å². The summed E-state index contributed by atoms with van der Waals surface area (Å²) in [6.07, 6.45) is 3.12. The fraction of sp³-hybridized carbons (Fsp3) is 0.118. The van der Waals surface area contributed by atoms with E-state index in [1.165, 1.54) is 0 Å². The third-order valence-electron chi connectivity index (χ3n) is 3.09. The number of nitrogens with one attached hydrogen (secondary N) is 1. The van der Waals surface area contributed by atoms with Crippen molar-refractivity contribution in [1.82, 2.24) is 5.32 Å². The van der Waals surface area contributed by atoms with Gasteiger partial charge in [-0.2, -0.15) is 0 Å². The van der Waals surface area contributed by atoms with Gasteiger partial charge in [0.1, 0.15) is 5.76 Å². The van der Waals surface area contributed by atoms with E-state index in [1.54, 1.807) is 30.4 Å². The van der Waals surface area contributed by atoms with Crippen molar-refractivity contribution in [2.45, 2.75) is 17.2 Å². The molecule has 0 fully saturated rings. The van der Waals surface area contributed by atoms with Gasteiger partial charge in [-0.05, 0) is 30.3 Å². The first-order chi connectivity index (χ1) is 10.8. The van der Waals surface area contributed by atoms with Crippen LogP contribution in [0.3, 0.4) is 0 Å². The van der Waals surface area contributed by atoms with Crippen LogP contribution in [0.25, 0.3) is 0 Å². The summed E-state index contributed by atoms with van der Waals surface area (Å²) >= 11 is 1.67. The Morgan fingerprint density at radius 3 is 2.64 bits per heavy atom. The molecule has 0 atom stereocenters. The molecule has 2 aromatic heterocycles. The molecule has 0 bridgehead atoms. The minimum absolute atomic E-state index is 0.231. The molecule has 5 heteroatoms. The molecule has 112 valence electrons. The third kappa shape index (κ3) is 3.62. The first-order valence-corrected chi connectivity index (χ1v) is 7.86. The lowest BCUT2D eigenvalue weighted by atomic mass is 10.2. The largest absolute Gasteiger partial charge is 0.467 e. The molecule has 22 heavy (non-hydrogen) atoms. The van der Waals surface area contributed by atoms with Crippen LogP contribution in [0, 0.1) is 0 Å². The highest BCUT2D eigenvalue weighted by molar-refractivity contribution is 7.98. The van der Waals surface area contributed by atoms with Gasteiger partial charge in [-0.25, -0.2) is 0 Å². The lowest BCUT2D eigenvalue weighted by Crippen LogP contribution is -2.22. The SMILES string of the molecule is O=C(NCc1ccco1)c1occc1CSc1ccccc1. The fourth-order valence-electron chi connectivity index (χ4n) is 1.99. The quantitative estimate of drug-likeness (QED) is 0.696. The summed E-state index contributed by atoms with van der Waals surface area (Å²) in [4.78, 5) is 13.3. The standard InChI is InChI=1S/C17H15NO3S/c19-17(18-11-14-5-4-9-20-14)16-13(8-10-21-16)12-22-15-6-2-1-3-7-15/h1-10H,11-12H2,(H,18,19). The second-order valence-electron chi connectivity index (χ2n) is 4.64. The molecule has 0 aliphatic carbocycles. The Morgan fingerprint density at radius 1 is 1.00 bits per heavy atom. The van der Waals surface area contributed by atoms with E-state index >= 15 is 0 Å². The summed E-state index contributed by atoms with van der Waals surface area (Å²) in [5.41, 5.74) is 0.880. The van der Waals surface area contributed by atoms with Gasteiger partial charge in [-0.1, -0.05) is 18.2 Å². The van der Waals surface area contributed by atoms with Crippen LogP contribution < -0.4 is 5.32 Å². The van der Waals surface area contributed by atoms with Crippen molar-refractivity contribution in [3.8, 4) is 0 Å². The Bertz CT molecular complexity index is 719. The third-order valence-corrected chi connectivity index (χ3v) is 4.15. The number of carbonyl (C=O) groups excluding carboxylic acids is 1. The zero-order valence-corrected chi connectivity index (χ0v) is 12.6. The molecule has 0 radical (unpaired) electrons. The molecule has 0 aliphatic rings. The van der Waals surface area contributed by atoms with E-state index < -0.39 is 0 Å². The van der Waals surface area contributed by atoms with E-state index in [-0.39, 0.29) is 5.91 Å². The average Bonchev–Trinajstić information content (AvgIpc) is 3.23. The van der Waals surface area contributed by atoms with Crippen molar-refractivity contribution in [2.24, 2.45) is 0 Å². The van der Waals surface area contributed by atoms with E-state index in [0.29, 0.717) is 23.8 Å². The molecule has 0 aliphatic heterocycles. The van der Waals surface area contributed by atoms with Crippen molar-refractivity contribution in [3.05, 3.63) is 78.1 Å². The predicted octanol–water partition coefficient (Wildman–Crippen LogP) is 4.09. The number of hydrogen-bond acceptors (Lipinski definition) is 4. The summed E-state index contributed by atoms with van der Waals surface area (Å²) in [6.45, 7) is 0.345. The van der Waals surface area contributed by atoms with Crippen LogP contribution in [-0.2, 0) is 12.3 Å². The topological polar surface area (TPSA) is 55.4 Å². The lowest BCUT2D eigenvalue weighted by molar-refractivity contribution is 0.0919. The molecule has 1 amide bonds. The molecule has 2 heterocycles. The van der Waals surface area contributed by atoms with E-state index in [4.69, 9.17) is 8.83 Å². The Labute approximate surface area is 132 Å². The zero-order chi connectivity index (χ0) is 15.2. The van der Waals surface area contributed by atoms with Crippen LogP contribution >= 0.6 is 11.8 Å². The minimum Gasteiger partial charge on any atom is -0.467 e. The van der Waals surface area contributed by atoms with Gasteiger partial charge in [0, 0.05) is 16.2 Å². The van der Waals surface area contributed by atoms with Crippen molar-refractivity contribution in [2.75, 3.05) is 0 Å². The molecule has 1 aromatic carbocycles. The highest BCUT2D eigenvalue weighted by Crippen LogP contribution is 2.24. The maximum absolute atomic E-state index is 12.2. The molecule has 0 saturated carbocycles. The van der Waals surface area contributed by atoms with Gasteiger partial charge >= 0.3 is 0 Å². The predicted molar refractivity (Wildman–Crippen MR) is 84.6 cm³/mol. The van der Waals surface area contributed by atoms with E-state index in [2.05, 4.69) is 5.32 Å². The molecule has 1 N–H and O–H groups in total. The summed E-state index contributed by atoms with van der Waals surface area (Å²) in [5, 5.41) is 2.79. The van der Waals surface area contributed by atoms with Crippen molar-refractivity contribution < 1.29 is 13.6 Å². The van der Waals surface area contributed by atoms with Crippen LogP contribution in [0.15, 0.2) is 74.8 Å². The Balaban J connectivity index is 1.60. The molecule has 0 unspecified atom stereocenters. The summed E-state index contributed by atoms with van der Waals surface area (Å²) in [5.74, 6) is 1.52. The smallest absolute Gasteiger partial charge is 0.287 e. The molecular weight excluding hydrogens is 298 g/mol. The molecule has 0 saturated heterocycles. The van der Waals surface area contributed by atoms with Crippen molar-refractivity contribution in [3.63, 3.8) is 0 Å². The number of amides is 1. The molecular formula is C17H15NO3S.